The van der Waals surface area contributed by atoms with E-state index in [1.807, 2.05) is 28.9 Å². The first-order valence-electron chi connectivity index (χ1n) is 10.7. The van der Waals surface area contributed by atoms with Crippen LogP contribution in [-0.2, 0) is 6.42 Å². The van der Waals surface area contributed by atoms with Gasteiger partial charge >= 0.3 is 0 Å². The van der Waals surface area contributed by atoms with Crippen LogP contribution in [0.25, 0.3) is 28.0 Å². The van der Waals surface area contributed by atoms with Gasteiger partial charge < -0.3 is 10.2 Å². The van der Waals surface area contributed by atoms with Crippen LogP contribution in [0, 0.1) is 5.92 Å². The molecule has 2 aliphatic heterocycles. The molecule has 1 aromatic carbocycles. The highest BCUT2D eigenvalue weighted by atomic mass is 35.5. The molecule has 1 saturated heterocycles. The van der Waals surface area contributed by atoms with Gasteiger partial charge in [0.25, 0.3) is 0 Å². The average Bonchev–Trinajstić information content (AvgIpc) is 3.28. The number of nitrogens with zero attached hydrogens (tertiary/aromatic N) is 5. The number of aromatic nitrogens is 4. The molecule has 2 aliphatic rings. The molecule has 0 radical (unpaired) electrons. The number of aliphatic hydroxyl groups excluding tert-OH is 1. The molecule has 8 heteroatoms. The van der Waals surface area contributed by atoms with E-state index in [9.17, 15) is 10.2 Å². The van der Waals surface area contributed by atoms with Crippen LogP contribution in [-0.4, -0.2) is 54.4 Å². The highest BCUT2D eigenvalue weighted by molar-refractivity contribution is 6.32. The summed E-state index contributed by atoms with van der Waals surface area (Å²) >= 11 is 6.08. The Kier molecular flexibility index (Phi) is 4.47. The Balaban J connectivity index is 1.64. The number of phenolic OH excluding ortho intramolecular Hbond substituents is 1. The Labute approximate surface area is 189 Å². The van der Waals surface area contributed by atoms with Gasteiger partial charge in [-0.15, -0.1) is 0 Å². The minimum Gasteiger partial charge on any atom is -0.506 e. The topological polar surface area (TPSA) is 86.8 Å². The normalized spacial score (nSPS) is 22.4. The number of phenols is 1. The van der Waals surface area contributed by atoms with E-state index in [0.29, 0.717) is 11.1 Å². The molecule has 3 aromatic heterocycles. The summed E-state index contributed by atoms with van der Waals surface area (Å²) in [5.74, 6) is 0.265. The van der Waals surface area contributed by atoms with E-state index in [2.05, 4.69) is 16.9 Å². The van der Waals surface area contributed by atoms with Crippen molar-refractivity contribution in [3.8, 4) is 28.1 Å². The Bertz CT molecular complexity index is 1340. The van der Waals surface area contributed by atoms with Gasteiger partial charge in [-0.1, -0.05) is 17.7 Å². The van der Waals surface area contributed by atoms with Crippen molar-refractivity contribution in [2.24, 2.45) is 5.92 Å². The van der Waals surface area contributed by atoms with Gasteiger partial charge in [-0.3, -0.25) is 9.88 Å². The highest BCUT2D eigenvalue weighted by Gasteiger charge is 2.45. The predicted molar refractivity (Wildman–Crippen MR) is 122 cm³/mol. The molecular formula is C24H22ClN5O2. The van der Waals surface area contributed by atoms with Gasteiger partial charge in [0.05, 0.1) is 22.3 Å². The summed E-state index contributed by atoms with van der Waals surface area (Å²) in [6.45, 7) is 0.187. The van der Waals surface area contributed by atoms with E-state index < -0.39 is 0 Å². The molecule has 4 aromatic rings. The molecule has 5 heterocycles. The SMILES string of the molecule is CN1C2CC(CO)C1Cc1cnc3c(-c4ccc(Cl)c(O)c4)c(-c4ccncc4)nn3c12. The lowest BCUT2D eigenvalue weighted by Crippen LogP contribution is -2.38. The first-order chi connectivity index (χ1) is 15.6. The molecule has 0 aliphatic carbocycles. The zero-order chi connectivity index (χ0) is 22.0. The molecule has 0 spiro atoms. The van der Waals surface area contributed by atoms with Gasteiger partial charge in [0.1, 0.15) is 11.4 Å². The average molecular weight is 448 g/mol. The maximum Gasteiger partial charge on any atom is 0.163 e. The molecule has 2 bridgehead atoms. The molecule has 3 atom stereocenters. The second kappa shape index (κ2) is 7.27. The van der Waals surface area contributed by atoms with E-state index in [-0.39, 0.29) is 24.3 Å². The minimum absolute atomic E-state index is 0.0197. The molecule has 0 amide bonds. The largest absolute Gasteiger partial charge is 0.506 e. The molecule has 1 fully saturated rings. The maximum atomic E-state index is 10.3. The number of pyridine rings is 1. The number of aromatic hydroxyl groups is 1. The third-order valence-corrected chi connectivity index (χ3v) is 7.33. The summed E-state index contributed by atoms with van der Waals surface area (Å²) < 4.78 is 1.96. The fourth-order valence-corrected chi connectivity index (χ4v) is 5.52. The minimum atomic E-state index is 0.0197. The van der Waals surface area contributed by atoms with Crippen molar-refractivity contribution in [3.63, 3.8) is 0 Å². The summed E-state index contributed by atoms with van der Waals surface area (Å²) in [4.78, 5) is 11.3. The number of hydrogen-bond donors (Lipinski definition) is 2. The van der Waals surface area contributed by atoms with Crippen molar-refractivity contribution < 1.29 is 10.2 Å². The summed E-state index contributed by atoms with van der Waals surface area (Å²) in [5, 5.41) is 25.5. The molecule has 6 rings (SSSR count). The van der Waals surface area contributed by atoms with E-state index in [0.717, 1.165) is 46.6 Å². The molecule has 7 nitrogen and oxygen atoms in total. The van der Waals surface area contributed by atoms with Crippen LogP contribution in [0.15, 0.2) is 48.9 Å². The molecule has 32 heavy (non-hydrogen) atoms. The van der Waals surface area contributed by atoms with Crippen molar-refractivity contribution in [2.45, 2.75) is 24.9 Å². The zero-order valence-electron chi connectivity index (χ0n) is 17.5. The van der Waals surface area contributed by atoms with Crippen molar-refractivity contribution in [2.75, 3.05) is 13.7 Å². The number of hydrogen-bond acceptors (Lipinski definition) is 6. The lowest BCUT2D eigenvalue weighted by molar-refractivity contribution is 0.163. The quantitative estimate of drug-likeness (QED) is 0.497. The molecule has 3 unspecified atom stereocenters. The number of aliphatic hydroxyl groups is 1. The van der Waals surface area contributed by atoms with Crippen LogP contribution in [0.3, 0.4) is 0 Å². The summed E-state index contributed by atoms with van der Waals surface area (Å²) in [7, 11) is 2.13. The lowest BCUT2D eigenvalue weighted by atomic mass is 9.96. The Morgan fingerprint density at radius 2 is 1.97 bits per heavy atom. The first-order valence-corrected chi connectivity index (χ1v) is 11.1. The van der Waals surface area contributed by atoms with E-state index in [1.54, 1.807) is 24.5 Å². The van der Waals surface area contributed by atoms with Crippen LogP contribution in [0.1, 0.15) is 23.7 Å². The van der Waals surface area contributed by atoms with E-state index >= 15 is 0 Å². The first kappa shape index (κ1) is 19.7. The Morgan fingerprint density at radius 1 is 1.16 bits per heavy atom. The second-order valence-electron chi connectivity index (χ2n) is 8.66. The fraction of sp³-hybridized carbons (Fsp3) is 0.292. The molecule has 162 valence electrons. The van der Waals surface area contributed by atoms with Crippen LogP contribution in [0.2, 0.25) is 5.02 Å². The van der Waals surface area contributed by atoms with Crippen LogP contribution in [0.5, 0.6) is 5.75 Å². The van der Waals surface area contributed by atoms with Crippen molar-refractivity contribution in [3.05, 3.63) is 65.2 Å². The number of rotatable bonds is 3. The van der Waals surface area contributed by atoms with E-state index in [1.165, 1.54) is 5.56 Å². The van der Waals surface area contributed by atoms with Gasteiger partial charge in [-0.2, -0.15) is 5.10 Å². The maximum absolute atomic E-state index is 10.3. The molecular weight excluding hydrogens is 426 g/mol. The summed E-state index contributed by atoms with van der Waals surface area (Å²) in [6, 6.07) is 9.56. The third-order valence-electron chi connectivity index (χ3n) is 7.01. The van der Waals surface area contributed by atoms with Gasteiger partial charge in [0.2, 0.25) is 0 Å². The Morgan fingerprint density at radius 3 is 2.72 bits per heavy atom. The number of fused-ring (bicyclic) bond motifs is 6. The summed E-state index contributed by atoms with van der Waals surface area (Å²) in [6.07, 6.45) is 7.18. The molecule has 2 N–H and O–H groups in total. The van der Waals surface area contributed by atoms with Crippen molar-refractivity contribution in [1.82, 2.24) is 24.5 Å². The highest BCUT2D eigenvalue weighted by Crippen LogP contribution is 2.47. The smallest absolute Gasteiger partial charge is 0.163 e. The summed E-state index contributed by atoms with van der Waals surface area (Å²) in [5.41, 5.74) is 6.37. The van der Waals surface area contributed by atoms with Gasteiger partial charge in [0, 0.05) is 36.8 Å². The van der Waals surface area contributed by atoms with Gasteiger partial charge in [-0.05, 0) is 61.2 Å². The standard InChI is InChI=1S/C24H22ClN5O2/c1-29-18-8-15-11-27-24-21(14-2-3-17(25)20(32)10-14)22(13-4-6-26-7-5-13)28-30(24)23(15)19(29)9-16(18)12-31/h2-7,10-11,16,18-19,31-32H,8-9,12H2,1H3. The zero-order valence-corrected chi connectivity index (χ0v) is 18.2. The van der Waals surface area contributed by atoms with Gasteiger partial charge in [0.15, 0.2) is 5.65 Å². The van der Waals surface area contributed by atoms with Crippen LogP contribution in [0.4, 0.5) is 0 Å². The monoisotopic (exact) mass is 447 g/mol. The van der Waals surface area contributed by atoms with Crippen LogP contribution >= 0.6 is 11.6 Å². The lowest BCUT2D eigenvalue weighted by Gasteiger charge is -2.33. The Hall–Kier alpha value is -3.00. The third kappa shape index (κ3) is 2.78. The molecule has 0 saturated carbocycles. The number of benzene rings is 1. The van der Waals surface area contributed by atoms with Crippen LogP contribution < -0.4 is 0 Å². The van der Waals surface area contributed by atoms with Crippen molar-refractivity contribution in [1.29, 1.82) is 0 Å². The van der Waals surface area contributed by atoms with E-state index in [4.69, 9.17) is 21.7 Å². The number of likely N-dealkylation sites (N-methyl/N-ethyl adjacent to an activating group) is 1. The van der Waals surface area contributed by atoms with Crippen molar-refractivity contribution >= 4 is 17.2 Å². The fourth-order valence-electron chi connectivity index (χ4n) is 5.41. The van der Waals surface area contributed by atoms with Gasteiger partial charge in [-0.25, -0.2) is 9.50 Å². The predicted octanol–water partition coefficient (Wildman–Crippen LogP) is 3.73. The second-order valence-corrected chi connectivity index (χ2v) is 9.07. The number of halogens is 1.